The van der Waals surface area contributed by atoms with Gasteiger partial charge in [0.05, 0.1) is 18.9 Å². The Labute approximate surface area is 102 Å². The monoisotopic (exact) mass is 233 g/mol. The molecule has 4 nitrogen and oxygen atoms in total. The van der Waals surface area contributed by atoms with E-state index >= 15 is 0 Å². The fraction of sp³-hybridized carbons (Fsp3) is 0.692. The van der Waals surface area contributed by atoms with Crippen LogP contribution in [0.4, 0.5) is 5.82 Å². The second-order valence-electron chi connectivity index (χ2n) is 4.82. The number of anilines is 1. The summed E-state index contributed by atoms with van der Waals surface area (Å²) >= 11 is 0. The quantitative estimate of drug-likeness (QED) is 0.869. The number of rotatable bonds is 3. The molecule has 92 valence electrons. The first kappa shape index (κ1) is 11.0. The average molecular weight is 233 g/mol. The second-order valence-corrected chi connectivity index (χ2v) is 4.82. The largest absolute Gasteiger partial charge is 0.376 e. The van der Waals surface area contributed by atoms with E-state index in [1.165, 1.54) is 30.5 Å². The van der Waals surface area contributed by atoms with E-state index in [0.717, 1.165) is 31.2 Å². The Morgan fingerprint density at radius 3 is 2.94 bits per heavy atom. The van der Waals surface area contributed by atoms with Gasteiger partial charge in [0.15, 0.2) is 0 Å². The Bertz CT molecular complexity index is 415. The standard InChI is InChI=1S/C13H19N3O/c1-2-14-13-10-8-17-7-6-11(10)15-12(16-13)9-4-3-5-9/h9H,2-8H2,1H3,(H,14,15,16). The van der Waals surface area contributed by atoms with Crippen molar-refractivity contribution in [2.24, 2.45) is 0 Å². The Hall–Kier alpha value is -1.16. The van der Waals surface area contributed by atoms with Gasteiger partial charge in [-0.15, -0.1) is 0 Å². The van der Waals surface area contributed by atoms with Gasteiger partial charge >= 0.3 is 0 Å². The Morgan fingerprint density at radius 2 is 2.24 bits per heavy atom. The molecule has 2 aliphatic rings. The SMILES string of the molecule is CCNc1nc(C2CCC2)nc2c1COCC2. The molecule has 0 spiro atoms. The fourth-order valence-corrected chi connectivity index (χ4v) is 2.41. The normalized spacial score (nSPS) is 19.6. The van der Waals surface area contributed by atoms with Crippen LogP contribution in [0.2, 0.25) is 0 Å². The van der Waals surface area contributed by atoms with E-state index in [1.807, 2.05) is 0 Å². The summed E-state index contributed by atoms with van der Waals surface area (Å²) in [6.45, 7) is 4.44. The summed E-state index contributed by atoms with van der Waals surface area (Å²) in [5.41, 5.74) is 2.37. The van der Waals surface area contributed by atoms with Crippen molar-refractivity contribution in [1.82, 2.24) is 9.97 Å². The number of ether oxygens (including phenoxy) is 1. The Kier molecular flexibility index (Phi) is 2.97. The van der Waals surface area contributed by atoms with Crippen LogP contribution in [-0.4, -0.2) is 23.1 Å². The molecule has 0 saturated heterocycles. The van der Waals surface area contributed by atoms with Crippen molar-refractivity contribution in [3.05, 3.63) is 17.1 Å². The number of nitrogens with one attached hydrogen (secondary N) is 1. The van der Waals surface area contributed by atoms with Crippen LogP contribution in [-0.2, 0) is 17.8 Å². The molecule has 2 heterocycles. The van der Waals surface area contributed by atoms with E-state index in [2.05, 4.69) is 12.2 Å². The van der Waals surface area contributed by atoms with Crippen molar-refractivity contribution in [3.8, 4) is 0 Å². The molecule has 0 unspecified atom stereocenters. The van der Waals surface area contributed by atoms with Crippen molar-refractivity contribution in [3.63, 3.8) is 0 Å². The molecule has 1 N–H and O–H groups in total. The lowest BCUT2D eigenvalue weighted by molar-refractivity contribution is 0.109. The maximum Gasteiger partial charge on any atom is 0.135 e. The molecule has 3 rings (SSSR count). The van der Waals surface area contributed by atoms with Crippen molar-refractivity contribution in [1.29, 1.82) is 0 Å². The summed E-state index contributed by atoms with van der Waals surface area (Å²) in [6.07, 6.45) is 4.75. The zero-order valence-electron chi connectivity index (χ0n) is 10.3. The molecular formula is C13H19N3O. The molecule has 0 bridgehead atoms. The second kappa shape index (κ2) is 4.61. The van der Waals surface area contributed by atoms with Crippen molar-refractivity contribution >= 4 is 5.82 Å². The Morgan fingerprint density at radius 1 is 1.35 bits per heavy atom. The van der Waals surface area contributed by atoms with Gasteiger partial charge in [0, 0.05) is 24.4 Å². The van der Waals surface area contributed by atoms with Crippen LogP contribution < -0.4 is 5.32 Å². The topological polar surface area (TPSA) is 47.0 Å². The van der Waals surface area contributed by atoms with Crippen molar-refractivity contribution in [2.45, 2.75) is 45.1 Å². The minimum atomic E-state index is 0.598. The van der Waals surface area contributed by atoms with Gasteiger partial charge < -0.3 is 10.1 Å². The lowest BCUT2D eigenvalue weighted by Crippen LogP contribution is -2.21. The highest BCUT2D eigenvalue weighted by Crippen LogP contribution is 2.36. The maximum absolute atomic E-state index is 5.50. The van der Waals surface area contributed by atoms with Gasteiger partial charge in [-0.25, -0.2) is 9.97 Å². The van der Waals surface area contributed by atoms with E-state index in [0.29, 0.717) is 12.5 Å². The number of aromatic nitrogens is 2. The molecule has 0 amide bonds. The van der Waals surface area contributed by atoms with E-state index in [-0.39, 0.29) is 0 Å². The molecule has 0 aromatic carbocycles. The summed E-state index contributed by atoms with van der Waals surface area (Å²) in [5.74, 6) is 2.65. The summed E-state index contributed by atoms with van der Waals surface area (Å²) in [6, 6.07) is 0. The number of hydrogen-bond acceptors (Lipinski definition) is 4. The molecule has 1 aromatic heterocycles. The zero-order valence-corrected chi connectivity index (χ0v) is 10.3. The lowest BCUT2D eigenvalue weighted by atomic mass is 9.84. The van der Waals surface area contributed by atoms with Crippen molar-refractivity contribution < 1.29 is 4.74 Å². The fourth-order valence-electron chi connectivity index (χ4n) is 2.41. The predicted octanol–water partition coefficient (Wildman–Crippen LogP) is 2.25. The molecule has 1 fully saturated rings. The van der Waals surface area contributed by atoms with Crippen LogP contribution in [0.1, 0.15) is 49.2 Å². The van der Waals surface area contributed by atoms with Crippen LogP contribution in [0.3, 0.4) is 0 Å². The van der Waals surface area contributed by atoms with Crippen LogP contribution >= 0.6 is 0 Å². The minimum Gasteiger partial charge on any atom is -0.376 e. The van der Waals surface area contributed by atoms with Crippen molar-refractivity contribution in [2.75, 3.05) is 18.5 Å². The summed E-state index contributed by atoms with van der Waals surface area (Å²) in [5, 5.41) is 3.35. The predicted molar refractivity (Wildman–Crippen MR) is 66.1 cm³/mol. The van der Waals surface area contributed by atoms with Gasteiger partial charge in [0.1, 0.15) is 11.6 Å². The zero-order chi connectivity index (χ0) is 11.7. The number of hydrogen-bond donors (Lipinski definition) is 1. The van der Waals surface area contributed by atoms with E-state index < -0.39 is 0 Å². The maximum atomic E-state index is 5.50. The van der Waals surface area contributed by atoms with Gasteiger partial charge in [0.25, 0.3) is 0 Å². The van der Waals surface area contributed by atoms with Crippen LogP contribution in [0, 0.1) is 0 Å². The molecule has 1 aromatic rings. The van der Waals surface area contributed by atoms with Gasteiger partial charge in [-0.1, -0.05) is 6.42 Å². The summed E-state index contributed by atoms with van der Waals surface area (Å²) in [4.78, 5) is 9.44. The van der Waals surface area contributed by atoms with Gasteiger partial charge in [0.2, 0.25) is 0 Å². The van der Waals surface area contributed by atoms with Gasteiger partial charge in [-0.05, 0) is 19.8 Å². The summed E-state index contributed by atoms with van der Waals surface area (Å²) < 4.78 is 5.50. The molecule has 0 atom stereocenters. The highest BCUT2D eigenvalue weighted by Gasteiger charge is 2.25. The van der Waals surface area contributed by atoms with Crippen LogP contribution in [0.5, 0.6) is 0 Å². The third-order valence-corrected chi connectivity index (χ3v) is 3.65. The Balaban J connectivity index is 1.98. The van der Waals surface area contributed by atoms with E-state index in [9.17, 15) is 0 Å². The van der Waals surface area contributed by atoms with E-state index in [4.69, 9.17) is 14.7 Å². The molecule has 0 radical (unpaired) electrons. The van der Waals surface area contributed by atoms with Gasteiger partial charge in [-0.3, -0.25) is 0 Å². The first-order valence-corrected chi connectivity index (χ1v) is 6.59. The smallest absolute Gasteiger partial charge is 0.135 e. The van der Waals surface area contributed by atoms with Crippen LogP contribution in [0.15, 0.2) is 0 Å². The number of fused-ring (bicyclic) bond motifs is 1. The third-order valence-electron chi connectivity index (χ3n) is 3.65. The highest BCUT2D eigenvalue weighted by atomic mass is 16.5. The summed E-state index contributed by atoms with van der Waals surface area (Å²) in [7, 11) is 0. The molecule has 1 aliphatic heterocycles. The molecule has 1 saturated carbocycles. The molecular weight excluding hydrogens is 214 g/mol. The average Bonchev–Trinajstić information content (AvgIpc) is 2.27. The molecule has 4 heteroatoms. The number of nitrogens with zero attached hydrogens (tertiary/aromatic N) is 2. The van der Waals surface area contributed by atoms with Crippen LogP contribution in [0.25, 0.3) is 0 Å². The van der Waals surface area contributed by atoms with E-state index in [1.54, 1.807) is 0 Å². The molecule has 17 heavy (non-hydrogen) atoms. The first-order valence-electron chi connectivity index (χ1n) is 6.59. The highest BCUT2D eigenvalue weighted by molar-refractivity contribution is 5.47. The van der Waals surface area contributed by atoms with Gasteiger partial charge in [-0.2, -0.15) is 0 Å². The lowest BCUT2D eigenvalue weighted by Gasteiger charge is -2.27. The first-order chi connectivity index (χ1) is 8.38. The minimum absolute atomic E-state index is 0.598. The third kappa shape index (κ3) is 2.02. The molecule has 1 aliphatic carbocycles.